The fraction of sp³-hybridized carbons (Fsp3) is 0.500. The first-order valence-corrected chi connectivity index (χ1v) is 6.76. The summed E-state index contributed by atoms with van der Waals surface area (Å²) in [5.41, 5.74) is 0. The molecule has 1 aromatic rings. The lowest BCUT2D eigenvalue weighted by Gasteiger charge is -2.12. The van der Waals surface area contributed by atoms with E-state index >= 15 is 0 Å². The van der Waals surface area contributed by atoms with E-state index in [0.29, 0.717) is 5.92 Å². The molecule has 2 rings (SSSR count). The molecule has 0 aliphatic carbocycles. The number of benzene rings is 1. The van der Waals surface area contributed by atoms with Crippen molar-refractivity contribution in [3.63, 3.8) is 0 Å². The van der Waals surface area contributed by atoms with E-state index in [4.69, 9.17) is 11.6 Å². The number of hydrogen-bond donors (Lipinski definition) is 1. The molecule has 0 saturated carbocycles. The van der Waals surface area contributed by atoms with E-state index in [1.165, 1.54) is 4.90 Å². The van der Waals surface area contributed by atoms with E-state index in [1.54, 1.807) is 11.8 Å². The Balaban J connectivity index is 1.88. The second-order valence-corrected chi connectivity index (χ2v) is 5.85. The van der Waals surface area contributed by atoms with Crippen LogP contribution in [0.25, 0.3) is 0 Å². The summed E-state index contributed by atoms with van der Waals surface area (Å²) in [5, 5.41) is 10.6. The average Bonchev–Trinajstić information content (AvgIpc) is 2.54. The number of rotatable bonds is 3. The molecule has 0 aromatic heterocycles. The van der Waals surface area contributed by atoms with Crippen LogP contribution in [-0.2, 0) is 0 Å². The van der Waals surface area contributed by atoms with Gasteiger partial charge in [0.15, 0.2) is 0 Å². The van der Waals surface area contributed by atoms with Crippen LogP contribution in [0.4, 0.5) is 0 Å². The van der Waals surface area contributed by atoms with Gasteiger partial charge in [0.1, 0.15) is 0 Å². The monoisotopic (exact) mass is 257 g/mol. The second-order valence-electron chi connectivity index (χ2n) is 4.32. The van der Waals surface area contributed by atoms with Gasteiger partial charge in [-0.2, -0.15) is 0 Å². The fourth-order valence-corrected chi connectivity index (χ4v) is 3.36. The highest BCUT2D eigenvalue weighted by molar-refractivity contribution is 7.99. The number of likely N-dealkylation sites (N-methyl/N-ethyl adjacent to an activating group) is 1. The van der Waals surface area contributed by atoms with Crippen molar-refractivity contribution < 1.29 is 5.11 Å². The molecule has 1 aliphatic heterocycles. The lowest BCUT2D eigenvalue weighted by molar-refractivity contribution is 0.152. The quantitative estimate of drug-likeness (QED) is 0.841. The highest BCUT2D eigenvalue weighted by atomic mass is 35.5. The fourth-order valence-electron chi connectivity index (χ4n) is 1.99. The largest absolute Gasteiger partial charge is 0.391 e. The van der Waals surface area contributed by atoms with Crippen molar-refractivity contribution >= 4 is 23.4 Å². The van der Waals surface area contributed by atoms with Gasteiger partial charge in [-0.1, -0.05) is 17.7 Å². The summed E-state index contributed by atoms with van der Waals surface area (Å²) in [5.74, 6) is 1.32. The lowest BCUT2D eigenvalue weighted by atomic mass is 10.1. The number of aliphatic hydroxyl groups excluding tert-OH is 1. The minimum atomic E-state index is -0.184. The summed E-state index contributed by atoms with van der Waals surface area (Å²) >= 11 is 7.69. The van der Waals surface area contributed by atoms with Crippen LogP contribution in [0.15, 0.2) is 29.2 Å². The van der Waals surface area contributed by atoms with Crippen LogP contribution in [0.3, 0.4) is 0 Å². The number of halogens is 1. The summed E-state index contributed by atoms with van der Waals surface area (Å²) in [6, 6.07) is 7.87. The van der Waals surface area contributed by atoms with Crippen LogP contribution in [0.5, 0.6) is 0 Å². The standard InChI is InChI=1S/C12H16ClNOS/c1-14-6-9(12(15)7-14)8-16-11-4-2-3-10(13)5-11/h2-5,9,12,15H,6-8H2,1H3/t9-,12+/m1/s1. The first-order valence-electron chi connectivity index (χ1n) is 5.40. The van der Waals surface area contributed by atoms with Crippen molar-refractivity contribution in [1.29, 1.82) is 0 Å². The van der Waals surface area contributed by atoms with Gasteiger partial charge in [0, 0.05) is 34.7 Å². The van der Waals surface area contributed by atoms with Gasteiger partial charge in [-0.3, -0.25) is 0 Å². The van der Waals surface area contributed by atoms with Crippen LogP contribution >= 0.6 is 23.4 Å². The Morgan fingerprint density at radius 3 is 2.94 bits per heavy atom. The molecule has 0 bridgehead atoms. The van der Waals surface area contributed by atoms with Gasteiger partial charge in [-0.15, -0.1) is 11.8 Å². The molecule has 1 aliphatic rings. The summed E-state index contributed by atoms with van der Waals surface area (Å²) in [6.45, 7) is 1.77. The van der Waals surface area contributed by atoms with Crippen molar-refractivity contribution in [2.45, 2.75) is 11.0 Å². The number of thioether (sulfide) groups is 1. The maximum atomic E-state index is 9.81. The third-order valence-electron chi connectivity index (χ3n) is 2.85. The van der Waals surface area contributed by atoms with Crippen molar-refractivity contribution in [3.8, 4) is 0 Å². The molecule has 0 unspecified atom stereocenters. The topological polar surface area (TPSA) is 23.5 Å². The third-order valence-corrected chi connectivity index (χ3v) is 4.27. The van der Waals surface area contributed by atoms with E-state index in [2.05, 4.69) is 11.0 Å². The van der Waals surface area contributed by atoms with Gasteiger partial charge in [-0.25, -0.2) is 0 Å². The first kappa shape index (κ1) is 12.2. The smallest absolute Gasteiger partial charge is 0.0715 e. The van der Waals surface area contributed by atoms with E-state index in [-0.39, 0.29) is 6.10 Å². The Bertz CT molecular complexity index is 361. The van der Waals surface area contributed by atoms with Crippen LogP contribution in [0.1, 0.15) is 0 Å². The predicted molar refractivity (Wildman–Crippen MR) is 69.2 cm³/mol. The Kier molecular flexibility index (Phi) is 4.14. The molecule has 1 N–H and O–H groups in total. The molecule has 16 heavy (non-hydrogen) atoms. The maximum absolute atomic E-state index is 9.81. The van der Waals surface area contributed by atoms with Gasteiger partial charge in [-0.05, 0) is 25.2 Å². The summed E-state index contributed by atoms with van der Waals surface area (Å²) in [6.07, 6.45) is -0.184. The molecule has 0 spiro atoms. The van der Waals surface area contributed by atoms with Crippen LogP contribution in [0.2, 0.25) is 5.02 Å². The normalized spacial score (nSPS) is 26.2. The molecule has 88 valence electrons. The highest BCUT2D eigenvalue weighted by Crippen LogP contribution is 2.27. The summed E-state index contributed by atoms with van der Waals surface area (Å²) in [4.78, 5) is 3.35. The minimum Gasteiger partial charge on any atom is -0.391 e. The van der Waals surface area contributed by atoms with Crippen molar-refractivity contribution in [1.82, 2.24) is 4.90 Å². The second kappa shape index (κ2) is 5.41. The lowest BCUT2D eigenvalue weighted by Crippen LogP contribution is -2.19. The third kappa shape index (κ3) is 3.14. The predicted octanol–water partition coefficient (Wildman–Crippen LogP) is 2.35. The van der Waals surface area contributed by atoms with Gasteiger partial charge in [0.2, 0.25) is 0 Å². The zero-order valence-electron chi connectivity index (χ0n) is 9.27. The molecule has 1 fully saturated rings. The number of nitrogens with zero attached hydrogens (tertiary/aromatic N) is 1. The first-order chi connectivity index (χ1) is 7.65. The van der Waals surface area contributed by atoms with Crippen LogP contribution in [-0.4, -0.2) is 42.0 Å². The molecule has 1 heterocycles. The summed E-state index contributed by atoms with van der Waals surface area (Å²) in [7, 11) is 2.05. The molecule has 0 radical (unpaired) electrons. The minimum absolute atomic E-state index is 0.184. The van der Waals surface area contributed by atoms with Crippen molar-refractivity contribution in [3.05, 3.63) is 29.3 Å². The van der Waals surface area contributed by atoms with Gasteiger partial charge < -0.3 is 10.0 Å². The molecule has 1 aromatic carbocycles. The molecular weight excluding hydrogens is 242 g/mol. The average molecular weight is 258 g/mol. The number of likely N-dealkylation sites (tertiary alicyclic amines) is 1. The Morgan fingerprint density at radius 2 is 2.31 bits per heavy atom. The van der Waals surface area contributed by atoms with E-state index in [0.717, 1.165) is 23.9 Å². The Labute approximate surface area is 106 Å². The van der Waals surface area contributed by atoms with E-state index in [1.807, 2.05) is 25.2 Å². The number of hydrogen-bond acceptors (Lipinski definition) is 3. The van der Waals surface area contributed by atoms with Gasteiger partial charge in [0.05, 0.1) is 6.10 Å². The van der Waals surface area contributed by atoms with E-state index in [9.17, 15) is 5.11 Å². The van der Waals surface area contributed by atoms with Crippen LogP contribution < -0.4 is 0 Å². The molecule has 2 nitrogen and oxygen atoms in total. The molecule has 2 atom stereocenters. The zero-order valence-corrected chi connectivity index (χ0v) is 10.8. The Morgan fingerprint density at radius 1 is 1.50 bits per heavy atom. The molecule has 1 saturated heterocycles. The molecule has 4 heteroatoms. The van der Waals surface area contributed by atoms with Crippen LogP contribution in [0, 0.1) is 5.92 Å². The molecule has 0 amide bonds. The maximum Gasteiger partial charge on any atom is 0.0715 e. The molecular formula is C12H16ClNOS. The zero-order chi connectivity index (χ0) is 11.5. The van der Waals surface area contributed by atoms with Gasteiger partial charge >= 0.3 is 0 Å². The van der Waals surface area contributed by atoms with Crippen molar-refractivity contribution in [2.75, 3.05) is 25.9 Å². The number of β-amino-alcohol motifs (C(OH)–C–C–N with tert-alkyl or cyclic N) is 1. The van der Waals surface area contributed by atoms with Crippen molar-refractivity contribution in [2.24, 2.45) is 5.92 Å². The highest BCUT2D eigenvalue weighted by Gasteiger charge is 2.28. The van der Waals surface area contributed by atoms with Gasteiger partial charge in [0.25, 0.3) is 0 Å². The summed E-state index contributed by atoms with van der Waals surface area (Å²) < 4.78 is 0. The van der Waals surface area contributed by atoms with E-state index < -0.39 is 0 Å². The number of aliphatic hydroxyl groups is 1. The SMILES string of the molecule is CN1C[C@H](CSc2cccc(Cl)c2)[C@@H](O)C1. The Hall–Kier alpha value is -0.220.